The number of imidazole rings is 1. The molecule has 2 aromatic heterocycles. The van der Waals surface area contributed by atoms with Gasteiger partial charge in [-0.15, -0.1) is 0 Å². The highest BCUT2D eigenvalue weighted by molar-refractivity contribution is 5.29. The van der Waals surface area contributed by atoms with Gasteiger partial charge in [0.1, 0.15) is 0 Å². The van der Waals surface area contributed by atoms with Gasteiger partial charge in [-0.3, -0.25) is 0 Å². The molecule has 5 heteroatoms. The van der Waals surface area contributed by atoms with Crippen LogP contribution in [0.4, 0.5) is 5.95 Å². The van der Waals surface area contributed by atoms with Crippen LogP contribution in [0.25, 0.3) is 0 Å². The number of aromatic nitrogens is 4. The summed E-state index contributed by atoms with van der Waals surface area (Å²) in [6, 6.07) is 2.02. The van der Waals surface area contributed by atoms with Gasteiger partial charge in [0, 0.05) is 17.6 Å². The molecule has 2 heterocycles. The van der Waals surface area contributed by atoms with E-state index in [9.17, 15) is 0 Å². The maximum Gasteiger partial charge on any atom is 0.223 e. The summed E-state index contributed by atoms with van der Waals surface area (Å²) >= 11 is 0. The largest absolute Gasteiger partial charge is 0.349 e. The number of nitrogens with zero attached hydrogens (tertiary/aromatic N) is 3. The Labute approximate surface area is 101 Å². The van der Waals surface area contributed by atoms with Gasteiger partial charge in [0.2, 0.25) is 5.95 Å². The van der Waals surface area contributed by atoms with Gasteiger partial charge in [0.15, 0.2) is 0 Å². The fourth-order valence-corrected chi connectivity index (χ4v) is 1.52. The molecule has 2 aromatic rings. The van der Waals surface area contributed by atoms with Crippen molar-refractivity contribution in [2.75, 3.05) is 5.32 Å². The van der Waals surface area contributed by atoms with Gasteiger partial charge in [0.25, 0.3) is 0 Å². The lowest BCUT2D eigenvalue weighted by Crippen LogP contribution is -2.07. The molecule has 0 amide bonds. The van der Waals surface area contributed by atoms with E-state index in [4.69, 9.17) is 0 Å². The van der Waals surface area contributed by atoms with E-state index in [0.29, 0.717) is 18.4 Å². The molecule has 0 bridgehead atoms. The molecule has 0 aliphatic heterocycles. The number of hydrogen-bond acceptors (Lipinski definition) is 4. The number of aromatic amines is 1. The number of nitrogens with one attached hydrogen (secondary N) is 2. The van der Waals surface area contributed by atoms with Crippen LogP contribution >= 0.6 is 0 Å². The van der Waals surface area contributed by atoms with Crippen LogP contribution in [0, 0.1) is 6.92 Å². The van der Waals surface area contributed by atoms with Gasteiger partial charge >= 0.3 is 0 Å². The summed E-state index contributed by atoms with van der Waals surface area (Å²) in [6.07, 6.45) is 3.44. The highest BCUT2D eigenvalue weighted by Crippen LogP contribution is 2.14. The lowest BCUT2D eigenvalue weighted by atomic mass is 10.1. The first-order valence-corrected chi connectivity index (χ1v) is 5.72. The Kier molecular flexibility index (Phi) is 3.37. The molecule has 0 fully saturated rings. The molecule has 0 saturated heterocycles. The van der Waals surface area contributed by atoms with Gasteiger partial charge in [-0.2, -0.15) is 0 Å². The maximum absolute atomic E-state index is 4.48. The molecular weight excluding hydrogens is 214 g/mol. The van der Waals surface area contributed by atoms with Crippen molar-refractivity contribution in [3.8, 4) is 0 Å². The Morgan fingerprint density at radius 1 is 1.35 bits per heavy atom. The first kappa shape index (κ1) is 11.6. The molecule has 0 radical (unpaired) electrons. The molecule has 17 heavy (non-hydrogen) atoms. The molecule has 0 spiro atoms. The summed E-state index contributed by atoms with van der Waals surface area (Å²) in [5, 5.41) is 3.19. The minimum Gasteiger partial charge on any atom is -0.349 e. The smallest absolute Gasteiger partial charge is 0.223 e. The van der Waals surface area contributed by atoms with Gasteiger partial charge < -0.3 is 10.3 Å². The summed E-state index contributed by atoms with van der Waals surface area (Å²) in [5.41, 5.74) is 3.06. The minimum absolute atomic E-state index is 0.407. The number of anilines is 1. The van der Waals surface area contributed by atoms with Crippen molar-refractivity contribution in [3.63, 3.8) is 0 Å². The second kappa shape index (κ2) is 4.95. The number of hydrogen-bond donors (Lipinski definition) is 2. The minimum atomic E-state index is 0.407. The average molecular weight is 231 g/mol. The highest BCUT2D eigenvalue weighted by atomic mass is 15.1. The van der Waals surface area contributed by atoms with Crippen molar-refractivity contribution < 1.29 is 0 Å². The predicted octanol–water partition coefficient (Wildman–Crippen LogP) is 2.24. The second-order valence-electron chi connectivity index (χ2n) is 4.34. The first-order chi connectivity index (χ1) is 8.15. The van der Waals surface area contributed by atoms with Gasteiger partial charge in [-0.25, -0.2) is 15.0 Å². The molecule has 2 N–H and O–H groups in total. The van der Waals surface area contributed by atoms with E-state index in [0.717, 1.165) is 17.1 Å². The van der Waals surface area contributed by atoms with E-state index in [1.165, 1.54) is 0 Å². The van der Waals surface area contributed by atoms with E-state index in [2.05, 4.69) is 39.1 Å². The maximum atomic E-state index is 4.48. The molecule has 0 unspecified atom stereocenters. The standard InChI is InChI=1S/C12H17N5/c1-8(2)11-4-9(3)16-12(17-11)14-6-10-5-13-7-15-10/h4-5,7-8H,6H2,1-3H3,(H,13,15)(H,14,16,17). The number of H-pyrrole nitrogens is 1. The second-order valence-corrected chi connectivity index (χ2v) is 4.34. The van der Waals surface area contributed by atoms with E-state index in [1.807, 2.05) is 13.0 Å². The zero-order valence-corrected chi connectivity index (χ0v) is 10.4. The Morgan fingerprint density at radius 3 is 2.82 bits per heavy atom. The third-order valence-corrected chi connectivity index (χ3v) is 2.46. The molecule has 0 saturated carbocycles. The van der Waals surface area contributed by atoms with Crippen molar-refractivity contribution in [1.82, 2.24) is 19.9 Å². The fraction of sp³-hybridized carbons (Fsp3) is 0.417. The number of rotatable bonds is 4. The first-order valence-electron chi connectivity index (χ1n) is 5.72. The molecule has 0 aliphatic carbocycles. The average Bonchev–Trinajstić information content (AvgIpc) is 2.78. The Balaban J connectivity index is 2.10. The topological polar surface area (TPSA) is 66.5 Å². The summed E-state index contributed by atoms with van der Waals surface area (Å²) in [7, 11) is 0. The van der Waals surface area contributed by atoms with Crippen LogP contribution in [0.3, 0.4) is 0 Å². The normalized spacial score (nSPS) is 10.8. The number of aryl methyl sites for hydroxylation is 1. The van der Waals surface area contributed by atoms with Crippen molar-refractivity contribution in [3.05, 3.63) is 35.7 Å². The van der Waals surface area contributed by atoms with Crippen LogP contribution in [0.1, 0.15) is 36.8 Å². The molecule has 0 aromatic carbocycles. The van der Waals surface area contributed by atoms with E-state index in [1.54, 1.807) is 12.5 Å². The zero-order valence-electron chi connectivity index (χ0n) is 10.4. The van der Waals surface area contributed by atoms with E-state index in [-0.39, 0.29) is 0 Å². The SMILES string of the molecule is Cc1cc(C(C)C)nc(NCc2cnc[nH]2)n1. The summed E-state index contributed by atoms with van der Waals surface area (Å²) in [6.45, 7) is 6.89. The van der Waals surface area contributed by atoms with E-state index < -0.39 is 0 Å². The Morgan fingerprint density at radius 2 is 2.18 bits per heavy atom. The third-order valence-electron chi connectivity index (χ3n) is 2.46. The van der Waals surface area contributed by atoms with Crippen molar-refractivity contribution in [2.45, 2.75) is 33.2 Å². The van der Waals surface area contributed by atoms with Gasteiger partial charge in [0.05, 0.1) is 18.6 Å². The quantitative estimate of drug-likeness (QED) is 0.847. The Bertz CT molecular complexity index is 476. The zero-order chi connectivity index (χ0) is 12.3. The lowest BCUT2D eigenvalue weighted by Gasteiger charge is -2.09. The van der Waals surface area contributed by atoms with E-state index >= 15 is 0 Å². The third kappa shape index (κ3) is 3.03. The van der Waals surface area contributed by atoms with Gasteiger partial charge in [-0.1, -0.05) is 13.8 Å². The molecule has 2 rings (SSSR count). The molecular formula is C12H17N5. The van der Waals surface area contributed by atoms with Gasteiger partial charge in [-0.05, 0) is 18.9 Å². The summed E-state index contributed by atoms with van der Waals surface area (Å²) < 4.78 is 0. The summed E-state index contributed by atoms with van der Waals surface area (Å²) in [5.74, 6) is 1.08. The van der Waals surface area contributed by atoms with Crippen molar-refractivity contribution in [2.24, 2.45) is 0 Å². The molecule has 90 valence electrons. The Hall–Kier alpha value is -1.91. The summed E-state index contributed by atoms with van der Waals surface area (Å²) in [4.78, 5) is 15.8. The van der Waals surface area contributed by atoms with Crippen LogP contribution in [0.5, 0.6) is 0 Å². The predicted molar refractivity (Wildman–Crippen MR) is 66.8 cm³/mol. The van der Waals surface area contributed by atoms with Crippen molar-refractivity contribution in [1.29, 1.82) is 0 Å². The molecule has 0 atom stereocenters. The fourth-order valence-electron chi connectivity index (χ4n) is 1.52. The van der Waals surface area contributed by atoms with Crippen LogP contribution < -0.4 is 5.32 Å². The lowest BCUT2D eigenvalue weighted by molar-refractivity contribution is 0.808. The monoisotopic (exact) mass is 231 g/mol. The van der Waals surface area contributed by atoms with Crippen LogP contribution in [0.15, 0.2) is 18.6 Å². The van der Waals surface area contributed by atoms with Crippen molar-refractivity contribution >= 4 is 5.95 Å². The molecule has 0 aliphatic rings. The highest BCUT2D eigenvalue weighted by Gasteiger charge is 2.05. The molecule has 5 nitrogen and oxygen atoms in total. The van der Waals surface area contributed by atoms with Crippen LogP contribution in [-0.4, -0.2) is 19.9 Å². The van der Waals surface area contributed by atoms with Crippen LogP contribution in [-0.2, 0) is 6.54 Å². The van der Waals surface area contributed by atoms with Crippen LogP contribution in [0.2, 0.25) is 0 Å².